The fourth-order valence-electron chi connectivity index (χ4n) is 3.81. The molecule has 2 heterocycles. The van der Waals surface area contributed by atoms with E-state index in [4.69, 9.17) is 0 Å². The number of amides is 2. The lowest BCUT2D eigenvalue weighted by molar-refractivity contribution is -0.157. The number of likely N-dealkylation sites (tertiary alicyclic amines) is 2. The minimum Gasteiger partial charge on any atom is -0.379 e. The van der Waals surface area contributed by atoms with E-state index < -0.39 is 5.60 Å². The number of piperidine rings is 1. The summed E-state index contributed by atoms with van der Waals surface area (Å²) in [4.78, 5) is 28.3. The number of carbonyl (C=O) groups is 2. The molecule has 1 unspecified atom stereocenters. The predicted octanol–water partition coefficient (Wildman–Crippen LogP) is 1.28. The van der Waals surface area contributed by atoms with Crippen molar-refractivity contribution in [2.75, 3.05) is 32.7 Å². The van der Waals surface area contributed by atoms with E-state index in [1.165, 1.54) is 12.1 Å². The van der Waals surface area contributed by atoms with Gasteiger partial charge in [-0.2, -0.15) is 0 Å². The molecule has 1 aromatic rings. The summed E-state index contributed by atoms with van der Waals surface area (Å²) in [6, 6.07) is 6.04. The van der Waals surface area contributed by atoms with E-state index in [2.05, 4.69) is 5.32 Å². The Morgan fingerprint density at radius 3 is 2.56 bits per heavy atom. The van der Waals surface area contributed by atoms with Gasteiger partial charge >= 0.3 is 0 Å². The van der Waals surface area contributed by atoms with Crippen molar-refractivity contribution in [3.05, 3.63) is 35.6 Å². The lowest BCUT2D eigenvalue weighted by Crippen LogP contribution is -2.57. The normalized spacial score (nSPS) is 23.1. The highest BCUT2D eigenvalue weighted by Crippen LogP contribution is 2.24. The van der Waals surface area contributed by atoms with E-state index in [0.29, 0.717) is 38.9 Å². The number of nitrogens with zero attached hydrogens (tertiary/aromatic N) is 2. The van der Waals surface area contributed by atoms with Gasteiger partial charge in [0.25, 0.3) is 5.91 Å². The van der Waals surface area contributed by atoms with Gasteiger partial charge in [0.05, 0.1) is 0 Å². The third kappa shape index (κ3) is 5.05. The van der Waals surface area contributed by atoms with Gasteiger partial charge in [-0.25, -0.2) is 4.39 Å². The molecule has 0 aromatic heterocycles. The standard InChI is InChI=1S/C20H28FN3O3/c21-17-6-4-16(5-7-17)14-24-13-3-9-20(27,19(24)26)15-22-10-8-18(25)23-11-1-2-12-23/h4-7,22,27H,1-3,8-15H2. The Hall–Kier alpha value is -1.99. The van der Waals surface area contributed by atoms with Crippen molar-refractivity contribution in [1.82, 2.24) is 15.1 Å². The van der Waals surface area contributed by atoms with Crippen molar-refractivity contribution in [2.24, 2.45) is 0 Å². The largest absolute Gasteiger partial charge is 0.379 e. The SMILES string of the molecule is O=C(CCNCC1(O)CCCN(Cc2ccc(F)cc2)C1=O)N1CCCC1. The molecule has 148 valence electrons. The topological polar surface area (TPSA) is 72.9 Å². The van der Waals surface area contributed by atoms with Crippen molar-refractivity contribution in [3.8, 4) is 0 Å². The van der Waals surface area contributed by atoms with Crippen LogP contribution in [0.3, 0.4) is 0 Å². The van der Waals surface area contributed by atoms with Crippen LogP contribution >= 0.6 is 0 Å². The molecule has 2 aliphatic rings. The Balaban J connectivity index is 1.47. The molecule has 1 aromatic carbocycles. The molecule has 0 bridgehead atoms. The van der Waals surface area contributed by atoms with Gasteiger partial charge in [0.1, 0.15) is 5.82 Å². The fraction of sp³-hybridized carbons (Fsp3) is 0.600. The van der Waals surface area contributed by atoms with Crippen molar-refractivity contribution in [2.45, 2.75) is 44.2 Å². The first-order valence-corrected chi connectivity index (χ1v) is 9.73. The Kier molecular flexibility index (Phi) is 6.44. The minimum absolute atomic E-state index is 0.125. The lowest BCUT2D eigenvalue weighted by Gasteiger charge is -2.38. The van der Waals surface area contributed by atoms with Crippen LogP contribution in [0, 0.1) is 5.82 Å². The van der Waals surface area contributed by atoms with E-state index in [1.54, 1.807) is 17.0 Å². The smallest absolute Gasteiger partial charge is 0.256 e. The molecular formula is C20H28FN3O3. The maximum Gasteiger partial charge on any atom is 0.256 e. The van der Waals surface area contributed by atoms with E-state index in [9.17, 15) is 19.1 Å². The molecule has 2 fully saturated rings. The fourth-order valence-corrected chi connectivity index (χ4v) is 3.81. The molecule has 0 spiro atoms. The number of nitrogens with one attached hydrogen (secondary N) is 1. The highest BCUT2D eigenvalue weighted by Gasteiger charge is 2.41. The first-order chi connectivity index (χ1) is 13.0. The van der Waals surface area contributed by atoms with Crippen LogP contribution in [-0.2, 0) is 16.1 Å². The van der Waals surface area contributed by atoms with Gasteiger partial charge in [-0.1, -0.05) is 12.1 Å². The first-order valence-electron chi connectivity index (χ1n) is 9.73. The Morgan fingerprint density at radius 1 is 1.15 bits per heavy atom. The summed E-state index contributed by atoms with van der Waals surface area (Å²) in [5.74, 6) is -0.496. The van der Waals surface area contributed by atoms with E-state index in [-0.39, 0.29) is 24.2 Å². The van der Waals surface area contributed by atoms with Crippen LogP contribution in [0.2, 0.25) is 0 Å². The van der Waals surface area contributed by atoms with Crippen LogP contribution in [0.1, 0.15) is 37.7 Å². The molecule has 1 atom stereocenters. The van der Waals surface area contributed by atoms with Crippen molar-refractivity contribution >= 4 is 11.8 Å². The molecule has 2 saturated heterocycles. The summed E-state index contributed by atoms with van der Waals surface area (Å²) in [6.45, 7) is 3.18. The quantitative estimate of drug-likeness (QED) is 0.702. The zero-order chi connectivity index (χ0) is 19.3. The monoisotopic (exact) mass is 377 g/mol. The van der Waals surface area contributed by atoms with E-state index in [0.717, 1.165) is 31.5 Å². The predicted molar refractivity (Wildman–Crippen MR) is 99.3 cm³/mol. The number of aliphatic hydroxyl groups is 1. The average Bonchev–Trinajstić information content (AvgIpc) is 3.19. The Morgan fingerprint density at radius 2 is 1.85 bits per heavy atom. The van der Waals surface area contributed by atoms with Gasteiger partial charge in [0, 0.05) is 45.7 Å². The number of benzene rings is 1. The summed E-state index contributed by atoms with van der Waals surface area (Å²) in [5, 5.41) is 13.9. The molecule has 2 amide bonds. The molecular weight excluding hydrogens is 349 g/mol. The van der Waals surface area contributed by atoms with Gasteiger partial charge < -0.3 is 20.2 Å². The van der Waals surface area contributed by atoms with E-state index in [1.807, 2.05) is 4.90 Å². The van der Waals surface area contributed by atoms with Crippen LogP contribution in [0.5, 0.6) is 0 Å². The maximum atomic E-state index is 13.0. The van der Waals surface area contributed by atoms with Crippen LogP contribution in [0.25, 0.3) is 0 Å². The summed E-state index contributed by atoms with van der Waals surface area (Å²) < 4.78 is 13.0. The number of hydrogen-bond donors (Lipinski definition) is 2. The van der Waals surface area contributed by atoms with Gasteiger partial charge in [0.15, 0.2) is 5.60 Å². The molecule has 7 heteroatoms. The molecule has 6 nitrogen and oxygen atoms in total. The van der Waals surface area contributed by atoms with Crippen LogP contribution < -0.4 is 5.32 Å². The van der Waals surface area contributed by atoms with Crippen molar-refractivity contribution in [1.29, 1.82) is 0 Å². The average molecular weight is 377 g/mol. The molecule has 0 aliphatic carbocycles. The highest BCUT2D eigenvalue weighted by atomic mass is 19.1. The number of halogens is 1. The van der Waals surface area contributed by atoms with Crippen molar-refractivity contribution in [3.63, 3.8) is 0 Å². The second-order valence-corrected chi connectivity index (χ2v) is 7.50. The van der Waals surface area contributed by atoms with Gasteiger partial charge in [-0.05, 0) is 43.4 Å². The van der Waals surface area contributed by atoms with Crippen LogP contribution in [0.4, 0.5) is 4.39 Å². The summed E-state index contributed by atoms with van der Waals surface area (Å²) in [6.07, 6.45) is 3.62. The van der Waals surface area contributed by atoms with Gasteiger partial charge in [0.2, 0.25) is 5.91 Å². The summed E-state index contributed by atoms with van der Waals surface area (Å²) >= 11 is 0. The third-order valence-electron chi connectivity index (χ3n) is 5.38. The van der Waals surface area contributed by atoms with Gasteiger partial charge in [-0.15, -0.1) is 0 Å². The third-order valence-corrected chi connectivity index (χ3v) is 5.38. The molecule has 3 rings (SSSR count). The summed E-state index contributed by atoms with van der Waals surface area (Å²) in [7, 11) is 0. The molecule has 2 aliphatic heterocycles. The number of rotatable bonds is 7. The van der Waals surface area contributed by atoms with Gasteiger partial charge in [-0.3, -0.25) is 9.59 Å². The molecule has 0 radical (unpaired) electrons. The minimum atomic E-state index is -1.45. The second-order valence-electron chi connectivity index (χ2n) is 7.50. The zero-order valence-corrected chi connectivity index (χ0v) is 15.6. The maximum absolute atomic E-state index is 13.0. The number of hydrogen-bond acceptors (Lipinski definition) is 4. The number of carbonyl (C=O) groups excluding carboxylic acids is 2. The Bertz CT molecular complexity index is 661. The lowest BCUT2D eigenvalue weighted by atomic mass is 9.91. The Labute approximate surface area is 159 Å². The molecule has 0 saturated carbocycles. The summed E-state index contributed by atoms with van der Waals surface area (Å²) in [5.41, 5.74) is -0.618. The van der Waals surface area contributed by atoms with Crippen LogP contribution in [-0.4, -0.2) is 65.0 Å². The second kappa shape index (κ2) is 8.80. The molecule has 2 N–H and O–H groups in total. The highest BCUT2D eigenvalue weighted by molar-refractivity contribution is 5.86. The van der Waals surface area contributed by atoms with Crippen molar-refractivity contribution < 1.29 is 19.1 Å². The zero-order valence-electron chi connectivity index (χ0n) is 15.6. The molecule has 27 heavy (non-hydrogen) atoms. The first kappa shape index (κ1) is 19.8. The van der Waals surface area contributed by atoms with E-state index >= 15 is 0 Å². The van der Waals surface area contributed by atoms with Crippen LogP contribution in [0.15, 0.2) is 24.3 Å².